The smallest absolute Gasteiger partial charge is 0.416 e. The van der Waals surface area contributed by atoms with E-state index in [-0.39, 0.29) is 17.9 Å². The Labute approximate surface area is 231 Å². The third-order valence-corrected chi connectivity index (χ3v) is 6.55. The van der Waals surface area contributed by atoms with Crippen molar-refractivity contribution in [3.8, 4) is 23.0 Å². The zero-order chi connectivity index (χ0) is 29.1. The number of rotatable bonds is 9. The first-order chi connectivity index (χ1) is 18.8. The quantitative estimate of drug-likeness (QED) is 0.288. The molecule has 1 aliphatic rings. The van der Waals surface area contributed by atoms with Crippen LogP contribution in [-0.4, -0.2) is 16.7 Å². The molecular weight excluding hydrogens is 521 g/mol. The van der Waals surface area contributed by atoms with E-state index in [1.807, 2.05) is 64.1 Å². The monoisotopic (exact) mass is 552 g/mol. The van der Waals surface area contributed by atoms with Crippen LogP contribution in [0.25, 0.3) is 0 Å². The standard InChI is InChI=1S/C32H31F3O5/c1-20-15-26(19-31(4,18-20)40-25-12-9-23(22(3)16-25)10-14-30(36)37)38-28-13-11-24(32(33,34)35)17-29(28)39-27-8-6-5-7-21(27)2/h5-9,11-13,15-17,19H,10,14,18H2,1-4H3,(H,36,37). The second kappa shape index (κ2) is 11.5. The number of allylic oxidation sites excluding steroid dienone is 1. The number of hydrogen-bond acceptors (Lipinski definition) is 4. The Balaban J connectivity index is 1.61. The normalized spacial score (nSPS) is 17.1. The minimum Gasteiger partial charge on any atom is -0.483 e. The molecule has 0 fully saturated rings. The Morgan fingerprint density at radius 1 is 0.925 bits per heavy atom. The molecule has 1 aliphatic carbocycles. The molecule has 4 rings (SSSR count). The fourth-order valence-electron chi connectivity index (χ4n) is 4.65. The van der Waals surface area contributed by atoms with Crippen molar-refractivity contribution >= 4 is 5.97 Å². The molecule has 0 amide bonds. The van der Waals surface area contributed by atoms with Gasteiger partial charge < -0.3 is 19.3 Å². The van der Waals surface area contributed by atoms with Crippen LogP contribution in [0.3, 0.4) is 0 Å². The van der Waals surface area contributed by atoms with Gasteiger partial charge in [-0.1, -0.05) is 29.8 Å². The topological polar surface area (TPSA) is 65.0 Å². The Kier molecular flexibility index (Phi) is 8.28. The highest BCUT2D eigenvalue weighted by Gasteiger charge is 2.33. The second-order valence-corrected chi connectivity index (χ2v) is 10.2. The molecule has 8 heteroatoms. The van der Waals surface area contributed by atoms with Gasteiger partial charge in [-0.05, 0) is 93.3 Å². The van der Waals surface area contributed by atoms with Crippen LogP contribution >= 0.6 is 0 Å². The van der Waals surface area contributed by atoms with E-state index in [1.54, 1.807) is 18.2 Å². The molecule has 0 aliphatic heterocycles. The van der Waals surface area contributed by atoms with Crippen molar-refractivity contribution in [2.45, 2.75) is 58.7 Å². The van der Waals surface area contributed by atoms with E-state index in [9.17, 15) is 18.0 Å². The number of carboxylic acids is 1. The summed E-state index contributed by atoms with van der Waals surface area (Å²) in [5.74, 6) is 0.672. The first kappa shape index (κ1) is 28.8. The van der Waals surface area contributed by atoms with Gasteiger partial charge in [0, 0.05) is 18.9 Å². The van der Waals surface area contributed by atoms with Crippen LogP contribution in [0.4, 0.5) is 13.2 Å². The molecular formula is C32H31F3O5. The molecule has 1 N–H and O–H groups in total. The summed E-state index contributed by atoms with van der Waals surface area (Å²) in [6.45, 7) is 7.54. The number of aliphatic carboxylic acids is 1. The highest BCUT2D eigenvalue weighted by Crippen LogP contribution is 2.41. The van der Waals surface area contributed by atoms with Gasteiger partial charge in [-0.3, -0.25) is 4.79 Å². The number of ether oxygens (including phenoxy) is 3. The summed E-state index contributed by atoms with van der Waals surface area (Å²) < 4.78 is 58.9. The number of carbonyl (C=O) groups is 1. The summed E-state index contributed by atoms with van der Waals surface area (Å²) in [7, 11) is 0. The maximum Gasteiger partial charge on any atom is 0.416 e. The first-order valence-electron chi connectivity index (χ1n) is 12.8. The van der Waals surface area contributed by atoms with E-state index in [0.717, 1.165) is 34.4 Å². The van der Waals surface area contributed by atoms with Crippen LogP contribution in [0.5, 0.6) is 23.0 Å². The van der Waals surface area contributed by atoms with Gasteiger partial charge >= 0.3 is 12.1 Å². The summed E-state index contributed by atoms with van der Waals surface area (Å²) >= 11 is 0. The number of benzene rings is 3. The molecule has 0 saturated heterocycles. The number of aryl methyl sites for hydroxylation is 3. The van der Waals surface area contributed by atoms with Gasteiger partial charge in [-0.2, -0.15) is 13.2 Å². The van der Waals surface area contributed by atoms with Crippen LogP contribution in [-0.2, 0) is 17.4 Å². The lowest BCUT2D eigenvalue weighted by Crippen LogP contribution is -2.33. The van der Waals surface area contributed by atoms with Gasteiger partial charge in [0.2, 0.25) is 0 Å². The Morgan fingerprint density at radius 2 is 1.68 bits per heavy atom. The third-order valence-electron chi connectivity index (χ3n) is 6.55. The predicted molar refractivity (Wildman–Crippen MR) is 146 cm³/mol. The van der Waals surface area contributed by atoms with E-state index in [0.29, 0.717) is 30.1 Å². The highest BCUT2D eigenvalue weighted by atomic mass is 19.4. The number of halogens is 3. The summed E-state index contributed by atoms with van der Waals surface area (Å²) in [6, 6.07) is 15.7. The zero-order valence-corrected chi connectivity index (χ0v) is 22.8. The third kappa shape index (κ3) is 7.25. The van der Waals surface area contributed by atoms with Crippen molar-refractivity contribution in [1.29, 1.82) is 0 Å². The Bertz CT molecular complexity index is 1470. The molecule has 0 bridgehead atoms. The van der Waals surface area contributed by atoms with Crippen molar-refractivity contribution in [3.63, 3.8) is 0 Å². The molecule has 3 aromatic carbocycles. The van der Waals surface area contributed by atoms with Gasteiger partial charge in [0.1, 0.15) is 22.9 Å². The van der Waals surface area contributed by atoms with Crippen molar-refractivity contribution in [3.05, 3.63) is 106 Å². The second-order valence-electron chi connectivity index (χ2n) is 10.2. The van der Waals surface area contributed by atoms with E-state index in [2.05, 4.69) is 0 Å². The number of para-hydroxylation sites is 1. The summed E-state index contributed by atoms with van der Waals surface area (Å²) in [6.07, 6.45) is 0.115. The van der Waals surface area contributed by atoms with Crippen LogP contribution in [0.1, 0.15) is 48.9 Å². The largest absolute Gasteiger partial charge is 0.483 e. The first-order valence-corrected chi connectivity index (χ1v) is 12.8. The van der Waals surface area contributed by atoms with E-state index < -0.39 is 23.3 Å². The van der Waals surface area contributed by atoms with Gasteiger partial charge in [0.25, 0.3) is 0 Å². The van der Waals surface area contributed by atoms with Crippen LogP contribution in [0, 0.1) is 13.8 Å². The lowest BCUT2D eigenvalue weighted by atomic mass is 9.91. The van der Waals surface area contributed by atoms with E-state index in [1.165, 1.54) is 6.07 Å². The molecule has 210 valence electrons. The Morgan fingerprint density at radius 3 is 2.35 bits per heavy atom. The molecule has 40 heavy (non-hydrogen) atoms. The molecule has 0 heterocycles. The van der Waals surface area contributed by atoms with Gasteiger partial charge in [-0.25, -0.2) is 0 Å². The molecule has 0 radical (unpaired) electrons. The summed E-state index contributed by atoms with van der Waals surface area (Å²) in [4.78, 5) is 10.9. The zero-order valence-electron chi connectivity index (χ0n) is 22.8. The fourth-order valence-corrected chi connectivity index (χ4v) is 4.65. The molecule has 3 aromatic rings. The van der Waals surface area contributed by atoms with Crippen molar-refractivity contribution in [2.75, 3.05) is 0 Å². The summed E-state index contributed by atoms with van der Waals surface area (Å²) in [5, 5.41) is 8.97. The van der Waals surface area contributed by atoms with Crippen molar-refractivity contribution in [1.82, 2.24) is 0 Å². The predicted octanol–water partition coefficient (Wildman–Crippen LogP) is 8.58. The van der Waals surface area contributed by atoms with Crippen LogP contribution < -0.4 is 14.2 Å². The molecule has 1 unspecified atom stereocenters. The average molecular weight is 553 g/mol. The molecule has 0 aromatic heterocycles. The maximum atomic E-state index is 13.5. The SMILES string of the molecule is CC1=CC(Oc2ccc(C(F)(F)F)cc2Oc2ccccc2C)=CC(C)(Oc2ccc(CCC(=O)O)c(C)c2)C1. The van der Waals surface area contributed by atoms with Gasteiger partial charge in [0.15, 0.2) is 11.5 Å². The van der Waals surface area contributed by atoms with Gasteiger partial charge in [-0.15, -0.1) is 0 Å². The van der Waals surface area contributed by atoms with Crippen LogP contribution in [0.15, 0.2) is 84.1 Å². The Hall–Kier alpha value is -4.20. The van der Waals surface area contributed by atoms with E-state index >= 15 is 0 Å². The number of carboxylic acid groups (broad SMARTS) is 1. The van der Waals surface area contributed by atoms with Crippen molar-refractivity contribution in [2.24, 2.45) is 0 Å². The minimum absolute atomic E-state index is 0.0473. The lowest BCUT2D eigenvalue weighted by Gasteiger charge is -2.32. The lowest BCUT2D eigenvalue weighted by molar-refractivity contribution is -0.138. The number of hydrogen-bond donors (Lipinski definition) is 1. The molecule has 5 nitrogen and oxygen atoms in total. The van der Waals surface area contributed by atoms with Gasteiger partial charge in [0.05, 0.1) is 5.56 Å². The highest BCUT2D eigenvalue weighted by molar-refractivity contribution is 5.67. The average Bonchev–Trinajstić information content (AvgIpc) is 2.84. The van der Waals surface area contributed by atoms with E-state index in [4.69, 9.17) is 19.3 Å². The summed E-state index contributed by atoms with van der Waals surface area (Å²) in [5.41, 5.74) is 1.94. The molecule has 0 saturated carbocycles. The molecule has 0 spiro atoms. The molecule has 1 atom stereocenters. The minimum atomic E-state index is -4.54. The fraction of sp³-hybridized carbons (Fsp3) is 0.281. The number of alkyl halides is 3. The van der Waals surface area contributed by atoms with Crippen LogP contribution in [0.2, 0.25) is 0 Å². The maximum absolute atomic E-state index is 13.5. The van der Waals surface area contributed by atoms with Crippen molar-refractivity contribution < 1.29 is 37.3 Å².